The van der Waals surface area contributed by atoms with Crippen LogP contribution < -0.4 is 5.32 Å². The zero-order valence-electron chi connectivity index (χ0n) is 11.8. The molecule has 1 atom stereocenters. The van der Waals surface area contributed by atoms with Gasteiger partial charge in [0.15, 0.2) is 0 Å². The van der Waals surface area contributed by atoms with Crippen LogP contribution >= 0.6 is 34.2 Å². The summed E-state index contributed by atoms with van der Waals surface area (Å²) in [5, 5.41) is 4.17. The molecular formula is C16H15ClIN3. The molecule has 0 amide bonds. The Labute approximate surface area is 142 Å². The second-order valence-electron chi connectivity index (χ2n) is 5.01. The zero-order valence-corrected chi connectivity index (χ0v) is 14.7. The molecule has 1 N–H and O–H groups in total. The lowest BCUT2D eigenvalue weighted by molar-refractivity contribution is 0.734. The predicted octanol–water partition coefficient (Wildman–Crippen LogP) is 5.00. The van der Waals surface area contributed by atoms with Gasteiger partial charge in [0.2, 0.25) is 0 Å². The normalized spacial score (nSPS) is 12.6. The molecule has 1 unspecified atom stereocenters. The summed E-state index contributed by atoms with van der Waals surface area (Å²) in [6.45, 7) is 2.09. The Balaban J connectivity index is 1.93. The van der Waals surface area contributed by atoms with Gasteiger partial charge >= 0.3 is 0 Å². The smallest absolute Gasteiger partial charge is 0.131 e. The Morgan fingerprint density at radius 1 is 1.24 bits per heavy atom. The van der Waals surface area contributed by atoms with Crippen LogP contribution in [0.3, 0.4) is 0 Å². The number of nitrogens with one attached hydrogen (secondary N) is 1. The lowest BCUT2D eigenvalue weighted by atomic mass is 10.2. The number of aromatic nitrogens is 2. The number of rotatable bonds is 3. The van der Waals surface area contributed by atoms with Crippen molar-refractivity contribution in [3.63, 3.8) is 0 Å². The third-order valence-electron chi connectivity index (χ3n) is 3.51. The quantitative estimate of drug-likeness (QED) is 0.614. The Morgan fingerprint density at radius 2 is 2.00 bits per heavy atom. The molecule has 3 aromatic rings. The fourth-order valence-corrected chi connectivity index (χ4v) is 3.37. The molecular weight excluding hydrogens is 397 g/mol. The van der Waals surface area contributed by atoms with Gasteiger partial charge in [-0.2, -0.15) is 0 Å². The van der Waals surface area contributed by atoms with Gasteiger partial charge < -0.3 is 9.88 Å². The maximum Gasteiger partial charge on any atom is 0.131 e. The van der Waals surface area contributed by atoms with E-state index in [4.69, 9.17) is 16.6 Å². The average molecular weight is 412 g/mol. The predicted molar refractivity (Wildman–Crippen MR) is 96.9 cm³/mol. The second-order valence-corrected chi connectivity index (χ2v) is 6.66. The molecule has 0 saturated heterocycles. The largest absolute Gasteiger partial charge is 0.374 e. The molecule has 0 aliphatic carbocycles. The zero-order chi connectivity index (χ0) is 15.0. The van der Waals surface area contributed by atoms with Crippen LogP contribution in [0, 0.1) is 3.57 Å². The third kappa shape index (κ3) is 2.87. The highest BCUT2D eigenvalue weighted by Gasteiger charge is 2.15. The average Bonchev–Trinajstić information content (AvgIpc) is 2.80. The van der Waals surface area contributed by atoms with E-state index in [1.807, 2.05) is 43.4 Å². The van der Waals surface area contributed by atoms with Crippen LogP contribution in [0.25, 0.3) is 11.0 Å². The number of aryl methyl sites for hydroxylation is 1. The van der Waals surface area contributed by atoms with Crippen molar-refractivity contribution in [1.82, 2.24) is 9.55 Å². The third-order valence-corrected chi connectivity index (χ3v) is 4.50. The number of fused-ring (bicyclic) bond motifs is 1. The molecule has 21 heavy (non-hydrogen) atoms. The van der Waals surface area contributed by atoms with E-state index in [-0.39, 0.29) is 6.04 Å². The molecule has 0 spiro atoms. The van der Waals surface area contributed by atoms with Crippen LogP contribution in [0.15, 0.2) is 42.5 Å². The van der Waals surface area contributed by atoms with Crippen molar-refractivity contribution in [3.05, 3.63) is 56.9 Å². The molecule has 108 valence electrons. The standard InChI is InChI=1S/C16H15ClIN3/c1-10(19-13-8-7-11(18)9-12(13)17)16-20-14-5-3-4-6-15(14)21(16)2/h3-10,19H,1-2H3. The second kappa shape index (κ2) is 5.85. The molecule has 0 saturated carbocycles. The maximum atomic E-state index is 6.29. The van der Waals surface area contributed by atoms with Gasteiger partial charge in [0, 0.05) is 10.6 Å². The summed E-state index contributed by atoms with van der Waals surface area (Å²) in [5.74, 6) is 0.991. The van der Waals surface area contributed by atoms with Crippen molar-refractivity contribution in [2.75, 3.05) is 5.32 Å². The van der Waals surface area contributed by atoms with Crippen molar-refractivity contribution in [3.8, 4) is 0 Å². The van der Waals surface area contributed by atoms with Crippen LogP contribution in [-0.4, -0.2) is 9.55 Å². The number of hydrogen-bond acceptors (Lipinski definition) is 2. The Hall–Kier alpha value is -1.27. The minimum absolute atomic E-state index is 0.0694. The number of para-hydroxylation sites is 2. The van der Waals surface area contributed by atoms with Gasteiger partial charge in [0.1, 0.15) is 5.82 Å². The van der Waals surface area contributed by atoms with Crippen molar-refractivity contribution in [2.45, 2.75) is 13.0 Å². The van der Waals surface area contributed by atoms with E-state index in [9.17, 15) is 0 Å². The van der Waals surface area contributed by atoms with Crippen molar-refractivity contribution in [2.24, 2.45) is 7.05 Å². The molecule has 3 nitrogen and oxygen atoms in total. The molecule has 0 fully saturated rings. The number of anilines is 1. The van der Waals surface area contributed by atoms with Crippen LogP contribution in [0.2, 0.25) is 5.02 Å². The summed E-state index contributed by atoms with van der Waals surface area (Å²) < 4.78 is 3.24. The van der Waals surface area contributed by atoms with E-state index < -0.39 is 0 Å². The summed E-state index contributed by atoms with van der Waals surface area (Å²) in [4.78, 5) is 4.71. The molecule has 0 aliphatic heterocycles. The van der Waals surface area contributed by atoms with Gasteiger partial charge in [-0.15, -0.1) is 0 Å². The highest BCUT2D eigenvalue weighted by molar-refractivity contribution is 14.1. The van der Waals surface area contributed by atoms with E-state index >= 15 is 0 Å². The summed E-state index contributed by atoms with van der Waals surface area (Å²) in [6, 6.07) is 14.2. The first-order valence-electron chi connectivity index (χ1n) is 6.69. The lowest BCUT2D eigenvalue weighted by Crippen LogP contribution is -2.12. The fourth-order valence-electron chi connectivity index (χ4n) is 2.46. The minimum atomic E-state index is 0.0694. The highest BCUT2D eigenvalue weighted by atomic mass is 127. The van der Waals surface area contributed by atoms with Gasteiger partial charge in [0.05, 0.1) is 27.8 Å². The first-order chi connectivity index (χ1) is 10.1. The number of imidazole rings is 1. The monoisotopic (exact) mass is 411 g/mol. The molecule has 1 heterocycles. The van der Waals surface area contributed by atoms with E-state index in [2.05, 4.69) is 45.5 Å². The molecule has 1 aromatic heterocycles. The van der Waals surface area contributed by atoms with Crippen molar-refractivity contribution in [1.29, 1.82) is 0 Å². The molecule has 2 aromatic carbocycles. The van der Waals surface area contributed by atoms with E-state index in [1.165, 1.54) is 0 Å². The topological polar surface area (TPSA) is 29.9 Å². The van der Waals surface area contributed by atoms with Gasteiger partial charge in [-0.25, -0.2) is 4.98 Å². The lowest BCUT2D eigenvalue weighted by Gasteiger charge is -2.16. The Kier molecular flexibility index (Phi) is 4.08. The summed E-state index contributed by atoms with van der Waals surface area (Å²) >= 11 is 8.54. The fraction of sp³-hybridized carbons (Fsp3) is 0.188. The molecule has 0 radical (unpaired) electrons. The van der Waals surface area contributed by atoms with Crippen LogP contribution in [0.4, 0.5) is 5.69 Å². The number of halogens is 2. The first-order valence-corrected chi connectivity index (χ1v) is 8.15. The number of benzene rings is 2. The van der Waals surface area contributed by atoms with Crippen LogP contribution in [0.5, 0.6) is 0 Å². The molecule has 5 heteroatoms. The summed E-state index contributed by atoms with van der Waals surface area (Å²) in [7, 11) is 2.04. The Morgan fingerprint density at radius 3 is 2.71 bits per heavy atom. The van der Waals surface area contributed by atoms with Crippen molar-refractivity contribution >= 4 is 50.9 Å². The van der Waals surface area contributed by atoms with Gasteiger partial charge in [-0.05, 0) is 59.8 Å². The maximum absolute atomic E-state index is 6.29. The number of nitrogens with zero attached hydrogens (tertiary/aromatic N) is 2. The Bertz CT molecular complexity index is 797. The molecule has 3 rings (SSSR count). The van der Waals surface area contributed by atoms with Gasteiger partial charge in [-0.1, -0.05) is 23.7 Å². The van der Waals surface area contributed by atoms with Gasteiger partial charge in [-0.3, -0.25) is 0 Å². The SMILES string of the molecule is CC(Nc1ccc(I)cc1Cl)c1nc2ccccc2n1C. The first kappa shape index (κ1) is 14.7. The molecule has 0 bridgehead atoms. The van der Waals surface area contributed by atoms with E-state index in [0.29, 0.717) is 0 Å². The highest BCUT2D eigenvalue weighted by Crippen LogP contribution is 2.28. The van der Waals surface area contributed by atoms with Gasteiger partial charge in [0.25, 0.3) is 0 Å². The summed E-state index contributed by atoms with van der Waals surface area (Å²) in [5.41, 5.74) is 3.07. The van der Waals surface area contributed by atoms with E-state index in [0.717, 1.165) is 31.1 Å². The minimum Gasteiger partial charge on any atom is -0.374 e. The van der Waals surface area contributed by atoms with Crippen LogP contribution in [0.1, 0.15) is 18.8 Å². The summed E-state index contributed by atoms with van der Waals surface area (Å²) in [6.07, 6.45) is 0. The molecule has 0 aliphatic rings. The van der Waals surface area contributed by atoms with Crippen molar-refractivity contribution < 1.29 is 0 Å². The van der Waals surface area contributed by atoms with E-state index in [1.54, 1.807) is 0 Å². The number of hydrogen-bond donors (Lipinski definition) is 1. The van der Waals surface area contributed by atoms with Crippen LogP contribution in [-0.2, 0) is 7.05 Å².